The number of hydrogen-bond acceptors (Lipinski definition) is 6. The molecule has 0 aliphatic carbocycles. The van der Waals surface area contributed by atoms with Crippen LogP contribution in [0.25, 0.3) is 11.4 Å². The first-order valence-electron chi connectivity index (χ1n) is 9.70. The van der Waals surface area contributed by atoms with Crippen LogP contribution < -0.4 is 0 Å². The van der Waals surface area contributed by atoms with E-state index in [0.29, 0.717) is 67.9 Å². The van der Waals surface area contributed by atoms with Gasteiger partial charge in [0.25, 0.3) is 0 Å². The predicted molar refractivity (Wildman–Crippen MR) is 97.7 cm³/mol. The summed E-state index contributed by atoms with van der Waals surface area (Å²) < 4.78 is 30.1. The number of hydrogen-bond donors (Lipinski definition) is 0. The van der Waals surface area contributed by atoms with Gasteiger partial charge in [-0.15, -0.1) is 0 Å². The van der Waals surface area contributed by atoms with Gasteiger partial charge in [0.05, 0.1) is 13.2 Å². The molecule has 1 aromatic heterocycles. The third-order valence-electron chi connectivity index (χ3n) is 5.38. The fourth-order valence-corrected chi connectivity index (χ4v) is 3.65. The Morgan fingerprint density at radius 2 is 2.00 bits per heavy atom. The SMILES string of the molecule is Cc1ccc(-c2noc(CCC(=O)N3CCC(C4OCCO4)CC3)n2)cc1F. The van der Waals surface area contributed by atoms with Crippen LogP contribution in [0.15, 0.2) is 22.7 Å². The molecule has 3 heterocycles. The molecular weight excluding hydrogens is 365 g/mol. The van der Waals surface area contributed by atoms with E-state index in [9.17, 15) is 9.18 Å². The zero-order valence-corrected chi connectivity index (χ0v) is 15.9. The van der Waals surface area contributed by atoms with E-state index in [-0.39, 0.29) is 18.0 Å². The minimum Gasteiger partial charge on any atom is -0.350 e. The van der Waals surface area contributed by atoms with Gasteiger partial charge in [-0.05, 0) is 31.4 Å². The van der Waals surface area contributed by atoms with Crippen molar-refractivity contribution in [3.63, 3.8) is 0 Å². The summed E-state index contributed by atoms with van der Waals surface area (Å²) in [4.78, 5) is 18.6. The molecule has 0 saturated carbocycles. The van der Waals surface area contributed by atoms with Crippen molar-refractivity contribution in [3.05, 3.63) is 35.5 Å². The molecule has 28 heavy (non-hydrogen) atoms. The normalized spacial score (nSPS) is 18.7. The summed E-state index contributed by atoms with van der Waals surface area (Å²) in [5.41, 5.74) is 1.12. The lowest BCUT2D eigenvalue weighted by Crippen LogP contribution is -2.41. The lowest BCUT2D eigenvalue weighted by molar-refractivity contribution is -0.136. The summed E-state index contributed by atoms with van der Waals surface area (Å²) in [5, 5.41) is 3.90. The summed E-state index contributed by atoms with van der Waals surface area (Å²) in [6, 6.07) is 4.81. The molecule has 150 valence electrons. The highest BCUT2D eigenvalue weighted by atomic mass is 19.1. The molecular formula is C20H24FN3O4. The summed E-state index contributed by atoms with van der Waals surface area (Å²) in [7, 11) is 0. The van der Waals surface area contributed by atoms with E-state index >= 15 is 0 Å². The molecule has 2 aliphatic rings. The molecule has 0 spiro atoms. The van der Waals surface area contributed by atoms with Crippen molar-refractivity contribution >= 4 is 5.91 Å². The fraction of sp³-hybridized carbons (Fsp3) is 0.550. The molecule has 2 aromatic rings. The van der Waals surface area contributed by atoms with E-state index in [1.807, 2.05) is 4.90 Å². The minimum absolute atomic E-state index is 0.0767. The monoisotopic (exact) mass is 389 g/mol. The van der Waals surface area contributed by atoms with E-state index < -0.39 is 0 Å². The first-order chi connectivity index (χ1) is 13.6. The van der Waals surface area contributed by atoms with Crippen LogP contribution in [0, 0.1) is 18.7 Å². The molecule has 1 aromatic carbocycles. The van der Waals surface area contributed by atoms with Gasteiger partial charge in [-0.25, -0.2) is 4.39 Å². The molecule has 2 aliphatic heterocycles. The van der Waals surface area contributed by atoms with Crippen LogP contribution in [-0.2, 0) is 20.7 Å². The number of rotatable bonds is 5. The van der Waals surface area contributed by atoms with Crippen LogP contribution in [0.1, 0.15) is 30.7 Å². The average molecular weight is 389 g/mol. The van der Waals surface area contributed by atoms with Gasteiger partial charge < -0.3 is 18.9 Å². The summed E-state index contributed by atoms with van der Waals surface area (Å²) in [6.45, 7) is 4.44. The van der Waals surface area contributed by atoms with Crippen molar-refractivity contribution in [1.82, 2.24) is 15.0 Å². The number of carbonyl (C=O) groups excluding carboxylic acids is 1. The maximum absolute atomic E-state index is 13.7. The standard InChI is InChI=1S/C20H24FN3O4/c1-13-2-3-15(12-16(13)21)19-22-17(28-23-19)4-5-18(25)24-8-6-14(7-9-24)20-26-10-11-27-20/h2-3,12,14,20H,4-11H2,1H3. The molecule has 4 rings (SSSR count). The molecule has 1 amide bonds. The van der Waals surface area contributed by atoms with E-state index in [4.69, 9.17) is 14.0 Å². The summed E-state index contributed by atoms with van der Waals surface area (Å²) >= 11 is 0. The Kier molecular flexibility index (Phi) is 5.68. The largest absolute Gasteiger partial charge is 0.350 e. The Morgan fingerprint density at radius 3 is 2.71 bits per heavy atom. The number of amides is 1. The van der Waals surface area contributed by atoms with E-state index in [0.717, 1.165) is 12.8 Å². The van der Waals surface area contributed by atoms with Gasteiger partial charge in [-0.1, -0.05) is 17.3 Å². The van der Waals surface area contributed by atoms with Crippen LogP contribution >= 0.6 is 0 Å². The Morgan fingerprint density at radius 1 is 1.25 bits per heavy atom. The Balaban J connectivity index is 1.27. The Bertz CT molecular complexity index is 827. The number of nitrogens with zero attached hydrogens (tertiary/aromatic N) is 3. The number of aryl methyl sites for hydroxylation is 2. The van der Waals surface area contributed by atoms with Crippen molar-refractivity contribution in [3.8, 4) is 11.4 Å². The van der Waals surface area contributed by atoms with Gasteiger partial charge >= 0.3 is 0 Å². The fourth-order valence-electron chi connectivity index (χ4n) is 3.65. The van der Waals surface area contributed by atoms with Crippen molar-refractivity contribution in [2.75, 3.05) is 26.3 Å². The van der Waals surface area contributed by atoms with Crippen molar-refractivity contribution in [2.45, 2.75) is 38.9 Å². The maximum atomic E-state index is 13.7. The number of halogens is 1. The van der Waals surface area contributed by atoms with Crippen LogP contribution in [-0.4, -0.2) is 53.5 Å². The zero-order chi connectivity index (χ0) is 19.5. The molecule has 0 atom stereocenters. The maximum Gasteiger partial charge on any atom is 0.227 e. The zero-order valence-electron chi connectivity index (χ0n) is 15.9. The first kappa shape index (κ1) is 19.0. The molecule has 0 unspecified atom stereocenters. The van der Waals surface area contributed by atoms with Crippen LogP contribution in [0.2, 0.25) is 0 Å². The second-order valence-corrected chi connectivity index (χ2v) is 7.30. The number of ether oxygens (including phenoxy) is 2. The van der Waals surface area contributed by atoms with Gasteiger partial charge in [0, 0.05) is 37.4 Å². The van der Waals surface area contributed by atoms with Crippen molar-refractivity contribution in [2.24, 2.45) is 5.92 Å². The van der Waals surface area contributed by atoms with Gasteiger partial charge in [0.15, 0.2) is 6.29 Å². The highest BCUT2D eigenvalue weighted by molar-refractivity contribution is 5.76. The van der Waals surface area contributed by atoms with Gasteiger partial charge in [-0.2, -0.15) is 4.98 Å². The molecule has 8 heteroatoms. The smallest absolute Gasteiger partial charge is 0.227 e. The first-order valence-corrected chi connectivity index (χ1v) is 9.70. The highest BCUT2D eigenvalue weighted by Gasteiger charge is 2.31. The van der Waals surface area contributed by atoms with Gasteiger partial charge in [0.2, 0.25) is 17.6 Å². The topological polar surface area (TPSA) is 77.7 Å². The van der Waals surface area contributed by atoms with Crippen molar-refractivity contribution in [1.29, 1.82) is 0 Å². The second-order valence-electron chi connectivity index (χ2n) is 7.30. The Hall–Kier alpha value is -2.32. The molecule has 2 fully saturated rings. The second kappa shape index (κ2) is 8.36. The number of carbonyl (C=O) groups is 1. The quantitative estimate of drug-likeness (QED) is 0.783. The lowest BCUT2D eigenvalue weighted by atomic mass is 9.96. The van der Waals surface area contributed by atoms with E-state index in [1.165, 1.54) is 6.07 Å². The van der Waals surface area contributed by atoms with E-state index in [2.05, 4.69) is 10.1 Å². The average Bonchev–Trinajstić information content (AvgIpc) is 3.40. The summed E-state index contributed by atoms with van der Waals surface area (Å²) in [5.74, 6) is 0.842. The van der Waals surface area contributed by atoms with Crippen LogP contribution in [0.5, 0.6) is 0 Å². The number of aromatic nitrogens is 2. The number of benzene rings is 1. The molecule has 0 bridgehead atoms. The number of piperidine rings is 1. The van der Waals surface area contributed by atoms with Gasteiger partial charge in [0.1, 0.15) is 5.82 Å². The van der Waals surface area contributed by atoms with E-state index in [1.54, 1.807) is 19.1 Å². The highest BCUT2D eigenvalue weighted by Crippen LogP contribution is 2.26. The lowest BCUT2D eigenvalue weighted by Gasteiger charge is -2.33. The predicted octanol–water partition coefficient (Wildman–Crippen LogP) is 2.73. The molecule has 0 radical (unpaired) electrons. The van der Waals surface area contributed by atoms with Crippen molar-refractivity contribution < 1.29 is 23.2 Å². The summed E-state index contributed by atoms with van der Waals surface area (Å²) in [6.07, 6.45) is 2.35. The minimum atomic E-state index is -0.309. The molecule has 0 N–H and O–H groups in total. The molecule has 2 saturated heterocycles. The van der Waals surface area contributed by atoms with Crippen LogP contribution in [0.4, 0.5) is 4.39 Å². The third-order valence-corrected chi connectivity index (χ3v) is 5.38. The number of likely N-dealkylation sites (tertiary alicyclic amines) is 1. The van der Waals surface area contributed by atoms with Gasteiger partial charge in [-0.3, -0.25) is 4.79 Å². The van der Waals surface area contributed by atoms with Crippen LogP contribution in [0.3, 0.4) is 0 Å². The molecule has 7 nitrogen and oxygen atoms in total. The third kappa shape index (κ3) is 4.23. The Labute approximate surface area is 162 Å².